The fourth-order valence-electron chi connectivity index (χ4n) is 1.83. The Kier molecular flexibility index (Phi) is 12.2. The highest BCUT2D eigenvalue weighted by atomic mass is 31.2. The molecule has 0 aromatic heterocycles. The maximum absolute atomic E-state index is 12.1. The molecular formula is C17H36N2O6P+. The quantitative estimate of drug-likeness (QED) is 0.144. The average molecular weight is 395 g/mol. The van der Waals surface area contributed by atoms with Crippen molar-refractivity contribution < 1.29 is 32.5 Å². The van der Waals surface area contributed by atoms with Gasteiger partial charge >= 0.3 is 13.8 Å². The standard InChI is InChI=1S/C17H35N2O6P/c1-7-8-9-10-18-13-16(14-23-17(20)15(2)3)25-26(21,22)24-12-11-19(4,5)6/h16,18H,2,7-14H2,1,3-6H3/p+1. The molecule has 0 aliphatic carbocycles. The van der Waals surface area contributed by atoms with Gasteiger partial charge in [0.1, 0.15) is 25.9 Å². The third-order valence-electron chi connectivity index (χ3n) is 3.38. The fourth-order valence-corrected chi connectivity index (χ4v) is 2.72. The van der Waals surface area contributed by atoms with Crippen LogP contribution in [0.3, 0.4) is 0 Å². The minimum absolute atomic E-state index is 0.0828. The minimum atomic E-state index is -4.24. The molecule has 0 heterocycles. The molecule has 0 bridgehead atoms. The van der Waals surface area contributed by atoms with Gasteiger partial charge < -0.3 is 19.4 Å². The first-order valence-corrected chi connectivity index (χ1v) is 10.5. The van der Waals surface area contributed by atoms with Crippen LogP contribution in [0.4, 0.5) is 0 Å². The van der Waals surface area contributed by atoms with Crippen molar-refractivity contribution in [2.45, 2.75) is 39.2 Å². The molecule has 2 unspecified atom stereocenters. The Labute approximate surface area is 157 Å². The molecule has 0 aromatic carbocycles. The Balaban J connectivity index is 4.56. The lowest BCUT2D eigenvalue weighted by Crippen LogP contribution is -2.37. The van der Waals surface area contributed by atoms with E-state index >= 15 is 0 Å². The Hall–Kier alpha value is -0.760. The lowest BCUT2D eigenvalue weighted by Gasteiger charge is -2.25. The highest BCUT2D eigenvalue weighted by Crippen LogP contribution is 2.44. The third kappa shape index (κ3) is 14.4. The first kappa shape index (κ1) is 25.2. The van der Waals surface area contributed by atoms with Gasteiger partial charge in [0.05, 0.1) is 21.1 Å². The summed E-state index contributed by atoms with van der Waals surface area (Å²) in [5.41, 5.74) is 0.256. The predicted molar refractivity (Wildman–Crippen MR) is 102 cm³/mol. The van der Waals surface area contributed by atoms with Crippen molar-refractivity contribution >= 4 is 13.8 Å². The zero-order chi connectivity index (χ0) is 20.2. The molecule has 0 aliphatic rings. The number of ether oxygens (including phenoxy) is 1. The summed E-state index contributed by atoms with van der Waals surface area (Å²) in [6, 6.07) is 0. The normalized spacial score (nSPS) is 15.3. The molecule has 0 rings (SSSR count). The Bertz CT molecular complexity index is 478. The molecule has 0 aromatic rings. The summed E-state index contributed by atoms with van der Waals surface area (Å²) in [5.74, 6) is -0.566. The van der Waals surface area contributed by atoms with Crippen molar-refractivity contribution in [3.63, 3.8) is 0 Å². The molecule has 154 valence electrons. The van der Waals surface area contributed by atoms with Crippen LogP contribution in [0.5, 0.6) is 0 Å². The van der Waals surface area contributed by atoms with Gasteiger partial charge in [-0.2, -0.15) is 0 Å². The summed E-state index contributed by atoms with van der Waals surface area (Å²) in [6.07, 6.45) is 2.39. The molecule has 0 radical (unpaired) electrons. The number of carbonyl (C=O) groups is 1. The molecule has 0 amide bonds. The predicted octanol–water partition coefficient (Wildman–Crippen LogP) is 2.09. The zero-order valence-corrected chi connectivity index (χ0v) is 17.7. The number of esters is 1. The van der Waals surface area contributed by atoms with E-state index in [1.807, 2.05) is 21.1 Å². The fraction of sp³-hybridized carbons (Fsp3) is 0.824. The molecular weight excluding hydrogens is 359 g/mol. The highest BCUT2D eigenvalue weighted by Gasteiger charge is 2.28. The van der Waals surface area contributed by atoms with E-state index in [9.17, 15) is 14.3 Å². The number of phosphoric acid groups is 1. The molecule has 2 atom stereocenters. The van der Waals surface area contributed by atoms with Crippen LogP contribution >= 0.6 is 7.82 Å². The maximum atomic E-state index is 12.1. The number of likely N-dealkylation sites (N-methyl/N-ethyl adjacent to an activating group) is 1. The number of nitrogens with one attached hydrogen (secondary N) is 1. The van der Waals surface area contributed by atoms with Gasteiger partial charge in [0, 0.05) is 12.1 Å². The van der Waals surface area contributed by atoms with Gasteiger partial charge in [0.15, 0.2) is 0 Å². The van der Waals surface area contributed by atoms with Crippen molar-refractivity contribution in [1.82, 2.24) is 5.32 Å². The van der Waals surface area contributed by atoms with Crippen LogP contribution in [0.25, 0.3) is 0 Å². The van der Waals surface area contributed by atoms with Crippen molar-refractivity contribution in [3.05, 3.63) is 12.2 Å². The number of hydrogen-bond donors (Lipinski definition) is 2. The molecule has 8 nitrogen and oxygen atoms in total. The number of quaternary nitrogens is 1. The van der Waals surface area contributed by atoms with E-state index in [0.29, 0.717) is 11.0 Å². The van der Waals surface area contributed by atoms with E-state index in [-0.39, 0.29) is 25.3 Å². The van der Waals surface area contributed by atoms with Crippen LogP contribution < -0.4 is 5.32 Å². The van der Waals surface area contributed by atoms with Gasteiger partial charge in [-0.15, -0.1) is 0 Å². The van der Waals surface area contributed by atoms with Gasteiger partial charge in [0.25, 0.3) is 0 Å². The second-order valence-electron chi connectivity index (χ2n) is 7.33. The molecule has 9 heteroatoms. The third-order valence-corrected chi connectivity index (χ3v) is 4.45. The van der Waals surface area contributed by atoms with Crippen LogP contribution in [-0.2, 0) is 23.1 Å². The average Bonchev–Trinajstić information content (AvgIpc) is 2.49. The Morgan fingerprint density at radius 1 is 1.31 bits per heavy atom. The lowest BCUT2D eigenvalue weighted by atomic mass is 10.2. The maximum Gasteiger partial charge on any atom is 0.472 e. The van der Waals surface area contributed by atoms with E-state index in [1.54, 1.807) is 0 Å². The van der Waals surface area contributed by atoms with Crippen molar-refractivity contribution in [2.24, 2.45) is 0 Å². The molecule has 0 saturated heterocycles. The summed E-state index contributed by atoms with van der Waals surface area (Å²) in [4.78, 5) is 21.5. The number of unbranched alkanes of at least 4 members (excludes halogenated alkanes) is 2. The zero-order valence-electron chi connectivity index (χ0n) is 16.8. The topological polar surface area (TPSA) is 94.1 Å². The SMILES string of the molecule is C=C(C)C(=O)OCC(CNCCCCC)OP(=O)(O)OCC[N+](C)(C)C. The van der Waals surface area contributed by atoms with E-state index in [1.165, 1.54) is 6.92 Å². The van der Waals surface area contributed by atoms with Crippen LogP contribution in [0, 0.1) is 0 Å². The van der Waals surface area contributed by atoms with Crippen LogP contribution in [0.2, 0.25) is 0 Å². The summed E-state index contributed by atoms with van der Waals surface area (Å²) in [6.45, 7) is 8.65. The largest absolute Gasteiger partial charge is 0.472 e. The summed E-state index contributed by atoms with van der Waals surface area (Å²) in [5, 5.41) is 3.15. The molecule has 26 heavy (non-hydrogen) atoms. The Morgan fingerprint density at radius 2 is 1.96 bits per heavy atom. The van der Waals surface area contributed by atoms with E-state index in [0.717, 1.165) is 25.8 Å². The van der Waals surface area contributed by atoms with Gasteiger partial charge in [-0.1, -0.05) is 26.3 Å². The highest BCUT2D eigenvalue weighted by molar-refractivity contribution is 7.47. The van der Waals surface area contributed by atoms with Crippen molar-refractivity contribution in [3.8, 4) is 0 Å². The number of hydrogen-bond acceptors (Lipinski definition) is 6. The van der Waals surface area contributed by atoms with E-state index < -0.39 is 19.9 Å². The molecule has 0 fully saturated rings. The van der Waals surface area contributed by atoms with Crippen molar-refractivity contribution in [1.29, 1.82) is 0 Å². The van der Waals surface area contributed by atoms with Gasteiger partial charge in [0.2, 0.25) is 0 Å². The molecule has 0 aliphatic heterocycles. The van der Waals surface area contributed by atoms with Gasteiger partial charge in [-0.25, -0.2) is 9.36 Å². The van der Waals surface area contributed by atoms with E-state index in [2.05, 4.69) is 18.8 Å². The monoisotopic (exact) mass is 395 g/mol. The first-order valence-electron chi connectivity index (χ1n) is 8.96. The van der Waals surface area contributed by atoms with Crippen molar-refractivity contribution in [2.75, 3.05) is 54.0 Å². The second-order valence-corrected chi connectivity index (χ2v) is 8.74. The lowest BCUT2D eigenvalue weighted by molar-refractivity contribution is -0.870. The summed E-state index contributed by atoms with van der Waals surface area (Å²) < 4.78 is 28.0. The summed E-state index contributed by atoms with van der Waals surface area (Å²) >= 11 is 0. The summed E-state index contributed by atoms with van der Waals surface area (Å²) in [7, 11) is 1.61. The van der Waals surface area contributed by atoms with Crippen LogP contribution in [0.1, 0.15) is 33.1 Å². The minimum Gasteiger partial charge on any atom is -0.460 e. The molecule has 2 N–H and O–H groups in total. The molecule has 0 spiro atoms. The number of nitrogens with zero attached hydrogens (tertiary/aromatic N) is 1. The van der Waals surface area contributed by atoms with Crippen LogP contribution in [-0.4, -0.2) is 75.4 Å². The number of phosphoric ester groups is 1. The number of rotatable bonds is 15. The van der Waals surface area contributed by atoms with E-state index in [4.69, 9.17) is 13.8 Å². The molecule has 0 saturated carbocycles. The number of carbonyl (C=O) groups excluding carboxylic acids is 1. The van der Waals surface area contributed by atoms with Gasteiger partial charge in [-0.05, 0) is 19.9 Å². The first-order chi connectivity index (χ1) is 12.0. The van der Waals surface area contributed by atoms with Crippen LogP contribution in [0.15, 0.2) is 12.2 Å². The second kappa shape index (κ2) is 12.6. The van der Waals surface area contributed by atoms with Gasteiger partial charge in [-0.3, -0.25) is 9.05 Å². The Morgan fingerprint density at radius 3 is 2.50 bits per heavy atom. The smallest absolute Gasteiger partial charge is 0.460 e.